The Morgan fingerprint density at radius 1 is 1.16 bits per heavy atom. The smallest absolute Gasteiger partial charge is 0.266 e. The molecule has 0 N–H and O–H groups in total. The summed E-state index contributed by atoms with van der Waals surface area (Å²) >= 11 is 0. The second kappa shape index (κ2) is 7.74. The minimum absolute atomic E-state index is 0.259. The maximum atomic E-state index is 14.2. The van der Waals surface area contributed by atoms with Gasteiger partial charge in [-0.3, -0.25) is 4.79 Å². The summed E-state index contributed by atoms with van der Waals surface area (Å²) in [6.45, 7) is 3.32. The van der Waals surface area contributed by atoms with Crippen LogP contribution in [0, 0.1) is 11.6 Å². The third kappa shape index (κ3) is 4.22. The summed E-state index contributed by atoms with van der Waals surface area (Å²) in [5, 5.41) is 4.00. The van der Waals surface area contributed by atoms with E-state index in [1.54, 1.807) is 0 Å². The molecule has 2 heterocycles. The molecule has 0 unspecified atom stereocenters. The number of benzene rings is 1. The zero-order valence-corrected chi connectivity index (χ0v) is 14.2. The fourth-order valence-electron chi connectivity index (χ4n) is 2.97. The average molecular weight is 349 g/mol. The van der Waals surface area contributed by atoms with E-state index in [-0.39, 0.29) is 23.5 Å². The molecule has 25 heavy (non-hydrogen) atoms. The third-order valence-corrected chi connectivity index (χ3v) is 4.32. The maximum Gasteiger partial charge on any atom is 0.266 e. The number of rotatable bonds is 6. The molecular weight excluding hydrogens is 328 g/mol. The number of hydrogen-bond donors (Lipinski definition) is 0. The number of ether oxygens (including phenoxy) is 1. The van der Waals surface area contributed by atoms with Gasteiger partial charge in [0.25, 0.3) is 5.56 Å². The van der Waals surface area contributed by atoms with Crippen LogP contribution in [0.4, 0.5) is 8.78 Å². The summed E-state index contributed by atoms with van der Waals surface area (Å²) in [6, 6.07) is 5.09. The predicted molar refractivity (Wildman–Crippen MR) is 90.6 cm³/mol. The number of halogens is 2. The van der Waals surface area contributed by atoms with Crippen LogP contribution in [0.5, 0.6) is 5.75 Å². The Morgan fingerprint density at radius 3 is 2.48 bits per heavy atom. The highest BCUT2D eigenvalue weighted by atomic mass is 19.1. The van der Waals surface area contributed by atoms with E-state index >= 15 is 0 Å². The lowest BCUT2D eigenvalue weighted by Gasteiger charge is -2.15. The molecule has 0 saturated carbocycles. The Kier molecular flexibility index (Phi) is 5.43. The summed E-state index contributed by atoms with van der Waals surface area (Å²) in [4.78, 5) is 13.7. The molecule has 7 heteroatoms. The van der Waals surface area contributed by atoms with Gasteiger partial charge in [-0.2, -0.15) is 5.10 Å². The third-order valence-electron chi connectivity index (χ3n) is 4.32. The lowest BCUT2D eigenvalue weighted by atomic mass is 10.1. The van der Waals surface area contributed by atoms with Crippen molar-refractivity contribution in [2.45, 2.75) is 19.3 Å². The number of aromatic nitrogens is 2. The first kappa shape index (κ1) is 17.5. The van der Waals surface area contributed by atoms with Crippen LogP contribution in [0.25, 0.3) is 11.3 Å². The molecule has 5 nitrogen and oxygen atoms in total. The standard InChI is InChI=1S/C18H21F2N3O2/c1-22-17(24)6-5-16(21-22)13-11-14(19)18(15(20)12-13)25-10-4-9-23-7-2-3-8-23/h5-6,11-12H,2-4,7-10H2,1H3. The van der Waals surface area contributed by atoms with E-state index in [1.165, 1.54) is 44.2 Å². The first-order valence-electron chi connectivity index (χ1n) is 8.43. The van der Waals surface area contributed by atoms with Gasteiger partial charge in [-0.1, -0.05) is 0 Å². The first-order chi connectivity index (χ1) is 12.0. The minimum atomic E-state index is -0.771. The van der Waals surface area contributed by atoms with Crippen LogP contribution in [0.15, 0.2) is 29.1 Å². The molecule has 2 aromatic rings. The van der Waals surface area contributed by atoms with Crippen molar-refractivity contribution in [2.24, 2.45) is 7.05 Å². The van der Waals surface area contributed by atoms with E-state index in [0.717, 1.165) is 30.7 Å². The van der Waals surface area contributed by atoms with Crippen molar-refractivity contribution in [3.8, 4) is 17.0 Å². The number of likely N-dealkylation sites (tertiary alicyclic amines) is 1. The van der Waals surface area contributed by atoms with Crippen LogP contribution < -0.4 is 10.3 Å². The molecule has 0 atom stereocenters. The van der Waals surface area contributed by atoms with Gasteiger partial charge in [-0.15, -0.1) is 0 Å². The van der Waals surface area contributed by atoms with Crippen molar-refractivity contribution in [1.29, 1.82) is 0 Å². The molecule has 1 aliphatic heterocycles. The zero-order chi connectivity index (χ0) is 17.8. The van der Waals surface area contributed by atoms with Crippen molar-refractivity contribution >= 4 is 0 Å². The predicted octanol–water partition coefficient (Wildman–Crippen LogP) is 2.59. The fourth-order valence-corrected chi connectivity index (χ4v) is 2.97. The molecule has 0 spiro atoms. The Labute approximate surface area is 144 Å². The number of nitrogens with zero attached hydrogens (tertiary/aromatic N) is 3. The largest absolute Gasteiger partial charge is 0.488 e. The Balaban J connectivity index is 1.67. The molecule has 1 aromatic heterocycles. The number of aryl methyl sites for hydroxylation is 1. The van der Waals surface area contributed by atoms with E-state index in [9.17, 15) is 13.6 Å². The Morgan fingerprint density at radius 2 is 1.84 bits per heavy atom. The SMILES string of the molecule is Cn1nc(-c2cc(F)c(OCCCN3CCCC3)c(F)c2)ccc1=O. The second-order valence-corrected chi connectivity index (χ2v) is 6.20. The van der Waals surface area contributed by atoms with Gasteiger partial charge in [0.05, 0.1) is 12.3 Å². The Bertz CT molecular complexity index is 778. The summed E-state index contributed by atoms with van der Waals surface area (Å²) in [7, 11) is 1.48. The minimum Gasteiger partial charge on any atom is -0.488 e. The van der Waals surface area contributed by atoms with Crippen molar-refractivity contribution in [3.63, 3.8) is 0 Å². The molecule has 1 aliphatic rings. The highest BCUT2D eigenvalue weighted by Crippen LogP contribution is 2.28. The molecule has 0 amide bonds. The van der Waals surface area contributed by atoms with Crippen LogP contribution in [-0.2, 0) is 7.05 Å². The monoisotopic (exact) mass is 349 g/mol. The van der Waals surface area contributed by atoms with Gasteiger partial charge >= 0.3 is 0 Å². The highest BCUT2D eigenvalue weighted by Gasteiger charge is 2.15. The first-order valence-corrected chi connectivity index (χ1v) is 8.43. The molecule has 1 saturated heterocycles. The molecule has 1 fully saturated rings. The van der Waals surface area contributed by atoms with Crippen LogP contribution >= 0.6 is 0 Å². The second-order valence-electron chi connectivity index (χ2n) is 6.20. The Hall–Kier alpha value is -2.28. The summed E-state index contributed by atoms with van der Waals surface area (Å²) in [5.41, 5.74) is 0.290. The van der Waals surface area contributed by atoms with Gasteiger partial charge in [0, 0.05) is 25.2 Å². The molecular formula is C18H21F2N3O2. The summed E-state index contributed by atoms with van der Waals surface area (Å²) in [6.07, 6.45) is 3.15. The molecule has 0 radical (unpaired) electrons. The molecule has 0 bridgehead atoms. The van der Waals surface area contributed by atoms with Gasteiger partial charge in [0.15, 0.2) is 17.4 Å². The van der Waals surface area contributed by atoms with Crippen molar-refractivity contribution in [3.05, 3.63) is 46.3 Å². The topological polar surface area (TPSA) is 47.4 Å². The van der Waals surface area contributed by atoms with Crippen LogP contribution in [-0.4, -0.2) is 40.9 Å². The highest BCUT2D eigenvalue weighted by molar-refractivity contribution is 5.60. The summed E-state index contributed by atoms with van der Waals surface area (Å²) < 4.78 is 34.9. The van der Waals surface area contributed by atoms with Crippen molar-refractivity contribution < 1.29 is 13.5 Å². The van der Waals surface area contributed by atoms with Gasteiger partial charge in [-0.05, 0) is 50.6 Å². The van der Waals surface area contributed by atoms with Gasteiger partial charge in [0.1, 0.15) is 0 Å². The lowest BCUT2D eigenvalue weighted by molar-refractivity contribution is 0.247. The molecule has 134 valence electrons. The van der Waals surface area contributed by atoms with Crippen LogP contribution in [0.1, 0.15) is 19.3 Å². The normalized spacial score (nSPS) is 14.8. The van der Waals surface area contributed by atoms with E-state index in [0.29, 0.717) is 5.69 Å². The van der Waals surface area contributed by atoms with Gasteiger partial charge in [-0.25, -0.2) is 13.5 Å². The lowest BCUT2D eigenvalue weighted by Crippen LogP contribution is -2.22. The zero-order valence-electron chi connectivity index (χ0n) is 14.2. The van der Waals surface area contributed by atoms with Crippen LogP contribution in [0.2, 0.25) is 0 Å². The van der Waals surface area contributed by atoms with Crippen molar-refractivity contribution in [2.75, 3.05) is 26.2 Å². The number of hydrogen-bond acceptors (Lipinski definition) is 4. The molecule has 3 rings (SSSR count). The van der Waals surface area contributed by atoms with Crippen molar-refractivity contribution in [1.82, 2.24) is 14.7 Å². The van der Waals surface area contributed by atoms with E-state index in [4.69, 9.17) is 4.74 Å². The molecule has 1 aromatic carbocycles. The summed E-state index contributed by atoms with van der Waals surface area (Å²) in [5.74, 6) is -1.91. The van der Waals surface area contributed by atoms with E-state index < -0.39 is 11.6 Å². The van der Waals surface area contributed by atoms with Gasteiger partial charge in [0.2, 0.25) is 0 Å². The van der Waals surface area contributed by atoms with Gasteiger partial charge < -0.3 is 9.64 Å². The maximum absolute atomic E-state index is 14.2. The van der Waals surface area contributed by atoms with E-state index in [2.05, 4.69) is 10.00 Å². The molecule has 0 aliphatic carbocycles. The quantitative estimate of drug-likeness (QED) is 0.752. The average Bonchev–Trinajstić information content (AvgIpc) is 3.09. The van der Waals surface area contributed by atoms with Crippen LogP contribution in [0.3, 0.4) is 0 Å². The van der Waals surface area contributed by atoms with E-state index in [1.807, 2.05) is 0 Å². The fraction of sp³-hybridized carbons (Fsp3) is 0.444.